The number of nitrogens with zero attached hydrogens (tertiary/aromatic N) is 1. The minimum Gasteiger partial charge on any atom is -0.494 e. The highest BCUT2D eigenvalue weighted by Gasteiger charge is 2.14. The van der Waals surface area contributed by atoms with Crippen LogP contribution in [0.25, 0.3) is 0 Å². The largest absolute Gasteiger partial charge is 0.494 e. The highest BCUT2D eigenvalue weighted by Crippen LogP contribution is 2.26. The molecule has 2 N–H and O–H groups in total. The number of hydrogen-bond acceptors (Lipinski definition) is 4. The Bertz CT molecular complexity index is 700. The third-order valence-corrected chi connectivity index (χ3v) is 4.13. The number of benzene rings is 2. The summed E-state index contributed by atoms with van der Waals surface area (Å²) in [5.74, 6) is 0.851. The van der Waals surface area contributed by atoms with Crippen molar-refractivity contribution in [3.63, 3.8) is 0 Å². The molecule has 25 heavy (non-hydrogen) atoms. The smallest absolute Gasteiger partial charge is 0.175 e. The average Bonchev–Trinajstić information content (AvgIpc) is 2.65. The Morgan fingerprint density at radius 3 is 2.52 bits per heavy atom. The van der Waals surface area contributed by atoms with E-state index in [4.69, 9.17) is 21.7 Å². The van der Waals surface area contributed by atoms with Gasteiger partial charge in [-0.3, -0.25) is 0 Å². The van der Waals surface area contributed by atoms with E-state index in [1.807, 2.05) is 49.4 Å². The van der Waals surface area contributed by atoms with Gasteiger partial charge in [0.15, 0.2) is 5.11 Å². The molecular weight excluding hydrogens is 334 g/mol. The van der Waals surface area contributed by atoms with Crippen LogP contribution in [0.15, 0.2) is 48.5 Å². The van der Waals surface area contributed by atoms with Crippen molar-refractivity contribution < 1.29 is 9.47 Å². The molecule has 0 unspecified atom stereocenters. The molecule has 3 rings (SSSR count). The quantitative estimate of drug-likeness (QED) is 0.795. The molecule has 0 atom stereocenters. The van der Waals surface area contributed by atoms with Gasteiger partial charge in [-0.05, 0) is 55.5 Å². The molecule has 0 spiro atoms. The summed E-state index contributed by atoms with van der Waals surface area (Å²) in [5.41, 5.74) is 3.05. The second-order valence-corrected chi connectivity index (χ2v) is 6.06. The van der Waals surface area contributed by atoms with Crippen LogP contribution in [0.3, 0.4) is 0 Å². The van der Waals surface area contributed by atoms with E-state index in [9.17, 15) is 0 Å². The van der Waals surface area contributed by atoms with Gasteiger partial charge in [0.2, 0.25) is 0 Å². The minimum absolute atomic E-state index is 0.560. The molecule has 1 aliphatic heterocycles. The van der Waals surface area contributed by atoms with Crippen molar-refractivity contribution >= 4 is 34.4 Å². The SMILES string of the molecule is CCOc1ccc(NC(=S)Nc2ccccc2N2CCOCC2)cc1. The van der Waals surface area contributed by atoms with Crippen LogP contribution in [0.2, 0.25) is 0 Å². The number of para-hydroxylation sites is 2. The predicted octanol–water partition coefficient (Wildman–Crippen LogP) is 3.73. The van der Waals surface area contributed by atoms with Crippen molar-refractivity contribution in [3.8, 4) is 5.75 Å². The first-order valence-electron chi connectivity index (χ1n) is 8.49. The summed E-state index contributed by atoms with van der Waals surface area (Å²) in [4.78, 5) is 2.31. The first-order valence-corrected chi connectivity index (χ1v) is 8.89. The Morgan fingerprint density at radius 1 is 1.08 bits per heavy atom. The first-order chi connectivity index (χ1) is 12.3. The number of thiocarbonyl (C=S) groups is 1. The number of ether oxygens (including phenoxy) is 2. The van der Waals surface area contributed by atoms with Gasteiger partial charge in [0.05, 0.1) is 31.2 Å². The van der Waals surface area contributed by atoms with Crippen LogP contribution in [-0.2, 0) is 4.74 Å². The topological polar surface area (TPSA) is 45.8 Å². The zero-order chi connectivity index (χ0) is 17.5. The molecule has 1 aliphatic rings. The monoisotopic (exact) mass is 357 g/mol. The zero-order valence-electron chi connectivity index (χ0n) is 14.3. The Morgan fingerprint density at radius 2 is 1.80 bits per heavy atom. The van der Waals surface area contributed by atoms with Crippen molar-refractivity contribution in [2.45, 2.75) is 6.92 Å². The van der Waals surface area contributed by atoms with Crippen LogP contribution in [0.4, 0.5) is 17.1 Å². The molecule has 1 heterocycles. The second-order valence-electron chi connectivity index (χ2n) is 5.65. The summed E-state index contributed by atoms with van der Waals surface area (Å²) in [6.07, 6.45) is 0. The number of hydrogen-bond donors (Lipinski definition) is 2. The first kappa shape index (κ1) is 17.5. The number of morpholine rings is 1. The highest BCUT2D eigenvalue weighted by molar-refractivity contribution is 7.80. The van der Waals surface area contributed by atoms with Crippen molar-refractivity contribution in [2.24, 2.45) is 0 Å². The van der Waals surface area contributed by atoms with E-state index in [0.717, 1.165) is 49.1 Å². The van der Waals surface area contributed by atoms with Crippen LogP contribution in [0.1, 0.15) is 6.92 Å². The lowest BCUT2D eigenvalue weighted by atomic mass is 10.2. The Hall–Kier alpha value is -2.31. The maximum Gasteiger partial charge on any atom is 0.175 e. The molecule has 1 saturated heterocycles. The number of nitrogens with one attached hydrogen (secondary N) is 2. The molecule has 0 saturated carbocycles. The zero-order valence-corrected chi connectivity index (χ0v) is 15.1. The number of anilines is 3. The van der Waals surface area contributed by atoms with E-state index in [2.05, 4.69) is 21.6 Å². The summed E-state index contributed by atoms with van der Waals surface area (Å²) in [5, 5.41) is 7.07. The van der Waals surface area contributed by atoms with Crippen LogP contribution in [-0.4, -0.2) is 38.0 Å². The lowest BCUT2D eigenvalue weighted by molar-refractivity contribution is 0.123. The molecule has 0 radical (unpaired) electrons. The highest BCUT2D eigenvalue weighted by atomic mass is 32.1. The molecule has 2 aromatic rings. The summed E-state index contributed by atoms with van der Waals surface area (Å²) in [6, 6.07) is 15.9. The Labute approximate surface area is 153 Å². The van der Waals surface area contributed by atoms with Crippen molar-refractivity contribution in [2.75, 3.05) is 48.4 Å². The van der Waals surface area contributed by atoms with E-state index in [1.165, 1.54) is 0 Å². The maximum absolute atomic E-state index is 5.47. The van der Waals surface area contributed by atoms with Gasteiger partial charge in [-0.25, -0.2) is 0 Å². The maximum atomic E-state index is 5.47. The third-order valence-electron chi connectivity index (χ3n) is 3.93. The molecule has 0 aromatic heterocycles. The molecule has 1 fully saturated rings. The second kappa shape index (κ2) is 8.69. The summed E-state index contributed by atoms with van der Waals surface area (Å²) in [7, 11) is 0. The summed E-state index contributed by atoms with van der Waals surface area (Å²) < 4.78 is 10.9. The minimum atomic E-state index is 0.560. The van der Waals surface area contributed by atoms with E-state index >= 15 is 0 Å². The van der Waals surface area contributed by atoms with Crippen LogP contribution >= 0.6 is 12.2 Å². The Balaban J connectivity index is 1.64. The van der Waals surface area contributed by atoms with Crippen molar-refractivity contribution in [1.29, 1.82) is 0 Å². The third kappa shape index (κ3) is 4.84. The fourth-order valence-electron chi connectivity index (χ4n) is 2.75. The fourth-order valence-corrected chi connectivity index (χ4v) is 2.97. The normalized spacial score (nSPS) is 14.0. The van der Waals surface area contributed by atoms with Crippen LogP contribution < -0.4 is 20.3 Å². The molecule has 0 bridgehead atoms. The van der Waals surface area contributed by atoms with Gasteiger partial charge >= 0.3 is 0 Å². The fraction of sp³-hybridized carbons (Fsp3) is 0.316. The molecule has 0 aliphatic carbocycles. The van der Waals surface area contributed by atoms with Crippen LogP contribution in [0, 0.1) is 0 Å². The molecule has 0 amide bonds. The summed E-state index contributed by atoms with van der Waals surface area (Å²) in [6.45, 7) is 5.91. The number of rotatable bonds is 5. The van der Waals surface area contributed by atoms with E-state index < -0.39 is 0 Å². The van der Waals surface area contributed by atoms with E-state index in [1.54, 1.807) is 0 Å². The lowest BCUT2D eigenvalue weighted by Gasteiger charge is -2.30. The standard InChI is InChI=1S/C19H23N3O2S/c1-2-24-16-9-7-15(8-10-16)20-19(25)21-17-5-3-4-6-18(17)22-11-13-23-14-12-22/h3-10H,2,11-14H2,1H3,(H2,20,21,25). The predicted molar refractivity (Wildman–Crippen MR) is 107 cm³/mol. The van der Waals surface area contributed by atoms with E-state index in [0.29, 0.717) is 11.7 Å². The van der Waals surface area contributed by atoms with Gasteiger partial charge in [-0.15, -0.1) is 0 Å². The van der Waals surface area contributed by atoms with Crippen LogP contribution in [0.5, 0.6) is 5.75 Å². The van der Waals surface area contributed by atoms with Gasteiger partial charge in [-0.2, -0.15) is 0 Å². The van der Waals surface area contributed by atoms with Gasteiger partial charge in [-0.1, -0.05) is 12.1 Å². The van der Waals surface area contributed by atoms with Gasteiger partial charge in [0.25, 0.3) is 0 Å². The van der Waals surface area contributed by atoms with Gasteiger partial charge in [0, 0.05) is 18.8 Å². The van der Waals surface area contributed by atoms with Gasteiger partial charge < -0.3 is 25.0 Å². The average molecular weight is 357 g/mol. The molecule has 5 nitrogen and oxygen atoms in total. The lowest BCUT2D eigenvalue weighted by Crippen LogP contribution is -2.36. The van der Waals surface area contributed by atoms with E-state index in [-0.39, 0.29) is 0 Å². The van der Waals surface area contributed by atoms with Crippen molar-refractivity contribution in [1.82, 2.24) is 0 Å². The van der Waals surface area contributed by atoms with Gasteiger partial charge in [0.1, 0.15) is 5.75 Å². The summed E-state index contributed by atoms with van der Waals surface area (Å²) >= 11 is 5.47. The molecule has 2 aromatic carbocycles. The molecule has 132 valence electrons. The molecular formula is C19H23N3O2S. The molecule has 6 heteroatoms. The Kier molecular flexibility index (Phi) is 6.09. The van der Waals surface area contributed by atoms with Crippen molar-refractivity contribution in [3.05, 3.63) is 48.5 Å².